The molecule has 0 spiro atoms. The number of benzene rings is 2. The predicted molar refractivity (Wildman–Crippen MR) is 94.2 cm³/mol. The van der Waals surface area contributed by atoms with Gasteiger partial charge in [-0.05, 0) is 42.3 Å². The Morgan fingerprint density at radius 3 is 2.73 bits per heavy atom. The molecule has 0 radical (unpaired) electrons. The Kier molecular flexibility index (Phi) is 4.62. The van der Waals surface area contributed by atoms with Gasteiger partial charge in [-0.1, -0.05) is 46.3 Å². The number of likely N-dealkylation sites (N-methyl/N-ethyl adjacent to an activating group) is 1. The van der Waals surface area contributed by atoms with Crippen LogP contribution in [0.25, 0.3) is 10.9 Å². The van der Waals surface area contributed by atoms with Crippen LogP contribution in [-0.2, 0) is 0 Å². The van der Waals surface area contributed by atoms with E-state index in [-0.39, 0.29) is 6.04 Å². The highest BCUT2D eigenvalue weighted by Crippen LogP contribution is 2.29. The number of hydrogen-bond acceptors (Lipinski definition) is 2. The summed E-state index contributed by atoms with van der Waals surface area (Å²) in [7, 11) is 1.86. The Morgan fingerprint density at radius 2 is 1.95 bits per heavy atom. The number of para-hydroxylation sites is 1. The van der Waals surface area contributed by atoms with Crippen LogP contribution in [0, 0.1) is 0 Å². The van der Waals surface area contributed by atoms with E-state index in [1.165, 1.54) is 5.39 Å². The molecule has 0 saturated carbocycles. The lowest BCUT2D eigenvalue weighted by atomic mass is 10.0. The number of halogens is 1. The first kappa shape index (κ1) is 15.3. The smallest absolute Gasteiger partial charge is 0.0912 e. The van der Waals surface area contributed by atoms with E-state index in [1.807, 2.05) is 31.3 Å². The lowest BCUT2D eigenvalue weighted by Crippen LogP contribution is -2.33. The fourth-order valence-electron chi connectivity index (χ4n) is 2.93. The second-order valence-corrected chi connectivity index (χ2v) is 6.32. The van der Waals surface area contributed by atoms with Gasteiger partial charge >= 0.3 is 0 Å². The Labute approximate surface area is 138 Å². The van der Waals surface area contributed by atoms with E-state index in [1.54, 1.807) is 0 Å². The van der Waals surface area contributed by atoms with Gasteiger partial charge in [0, 0.05) is 22.7 Å². The van der Waals surface area contributed by atoms with Gasteiger partial charge in [-0.3, -0.25) is 0 Å². The Balaban J connectivity index is 2.13. The van der Waals surface area contributed by atoms with Crippen molar-refractivity contribution in [3.05, 3.63) is 70.8 Å². The van der Waals surface area contributed by atoms with E-state index in [0.717, 1.165) is 15.6 Å². The van der Waals surface area contributed by atoms with Gasteiger partial charge in [0.1, 0.15) is 0 Å². The number of fused-ring (bicyclic) bond motifs is 1. The molecule has 4 heteroatoms. The third-order valence-electron chi connectivity index (χ3n) is 3.90. The van der Waals surface area contributed by atoms with Crippen LogP contribution in [0.15, 0.2) is 65.3 Å². The van der Waals surface area contributed by atoms with E-state index in [9.17, 15) is 5.11 Å². The average molecular weight is 359 g/mol. The fraction of sp³-hybridized carbons (Fsp3) is 0.222. The average Bonchev–Trinajstić information content (AvgIpc) is 2.92. The number of nitrogens with one attached hydrogen (secondary N) is 1. The largest absolute Gasteiger partial charge is 0.389 e. The summed E-state index contributed by atoms with van der Waals surface area (Å²) in [5.41, 5.74) is 2.21. The van der Waals surface area contributed by atoms with Crippen LogP contribution in [0.2, 0.25) is 0 Å². The van der Waals surface area contributed by atoms with Crippen molar-refractivity contribution in [2.45, 2.75) is 12.1 Å². The first-order chi connectivity index (χ1) is 10.7. The van der Waals surface area contributed by atoms with Crippen LogP contribution in [0.4, 0.5) is 0 Å². The Hall–Kier alpha value is -1.62. The van der Waals surface area contributed by atoms with Gasteiger partial charge in [0.15, 0.2) is 0 Å². The molecule has 0 aliphatic heterocycles. The van der Waals surface area contributed by atoms with Crippen LogP contribution in [0.5, 0.6) is 0 Å². The summed E-state index contributed by atoms with van der Waals surface area (Å²) in [4.78, 5) is 0. The first-order valence-electron chi connectivity index (χ1n) is 7.34. The van der Waals surface area contributed by atoms with Gasteiger partial charge in [0.05, 0.1) is 12.1 Å². The third-order valence-corrected chi connectivity index (χ3v) is 4.39. The summed E-state index contributed by atoms with van der Waals surface area (Å²) in [5, 5.41) is 14.9. The van der Waals surface area contributed by atoms with Crippen LogP contribution in [-0.4, -0.2) is 29.4 Å². The quantitative estimate of drug-likeness (QED) is 0.731. The summed E-state index contributed by atoms with van der Waals surface area (Å²) in [6, 6.07) is 18.3. The monoisotopic (exact) mass is 358 g/mol. The molecule has 3 nitrogen and oxygen atoms in total. The molecule has 0 saturated heterocycles. The minimum absolute atomic E-state index is 0.134. The zero-order chi connectivity index (χ0) is 15.5. The molecule has 0 aliphatic rings. The van der Waals surface area contributed by atoms with Gasteiger partial charge in [-0.25, -0.2) is 0 Å². The highest BCUT2D eigenvalue weighted by Gasteiger charge is 2.23. The number of rotatable bonds is 5. The number of hydrogen-bond donors (Lipinski definition) is 2. The number of nitrogens with zero attached hydrogens (tertiary/aromatic N) is 1. The normalized spacial score (nSPS) is 14.1. The maximum atomic E-state index is 10.7. The standard InChI is InChI=1S/C18H19BrN2O/c1-20-12-17(22)18(14-6-4-7-15(19)11-14)21-10-9-13-5-2-3-8-16(13)21/h2-11,17-18,20,22H,12H2,1H3. The molecule has 0 aliphatic carbocycles. The highest BCUT2D eigenvalue weighted by molar-refractivity contribution is 9.10. The Morgan fingerprint density at radius 1 is 1.14 bits per heavy atom. The van der Waals surface area contributed by atoms with Gasteiger partial charge in [-0.15, -0.1) is 0 Å². The number of aliphatic hydroxyl groups is 1. The van der Waals surface area contributed by atoms with E-state index in [4.69, 9.17) is 0 Å². The van der Waals surface area contributed by atoms with E-state index in [2.05, 4.69) is 62.3 Å². The van der Waals surface area contributed by atoms with Crippen molar-refractivity contribution >= 4 is 26.8 Å². The summed E-state index contributed by atoms with van der Waals surface area (Å²) >= 11 is 3.53. The van der Waals surface area contributed by atoms with E-state index in [0.29, 0.717) is 6.54 Å². The SMILES string of the molecule is CNCC(O)C(c1cccc(Br)c1)n1ccc2ccccc21. The van der Waals surface area contributed by atoms with Crippen molar-refractivity contribution in [3.8, 4) is 0 Å². The molecule has 1 heterocycles. The summed E-state index contributed by atoms with van der Waals surface area (Å²) in [6.07, 6.45) is 1.53. The molecule has 114 valence electrons. The zero-order valence-electron chi connectivity index (χ0n) is 12.4. The Bertz CT molecular complexity index is 768. The van der Waals surface area contributed by atoms with E-state index < -0.39 is 6.10 Å². The topological polar surface area (TPSA) is 37.2 Å². The molecule has 3 rings (SSSR count). The molecule has 2 unspecified atom stereocenters. The zero-order valence-corrected chi connectivity index (χ0v) is 14.0. The summed E-state index contributed by atoms with van der Waals surface area (Å²) in [5.74, 6) is 0. The maximum absolute atomic E-state index is 10.7. The second-order valence-electron chi connectivity index (χ2n) is 5.41. The fourth-order valence-corrected chi connectivity index (χ4v) is 3.34. The molecule has 3 aromatic rings. The van der Waals surface area contributed by atoms with Gasteiger partial charge in [-0.2, -0.15) is 0 Å². The van der Waals surface area contributed by atoms with Gasteiger partial charge in [0.2, 0.25) is 0 Å². The highest BCUT2D eigenvalue weighted by atomic mass is 79.9. The number of aliphatic hydroxyl groups excluding tert-OH is 1. The molecule has 22 heavy (non-hydrogen) atoms. The summed E-state index contributed by atoms with van der Waals surface area (Å²) < 4.78 is 3.17. The minimum Gasteiger partial charge on any atom is -0.389 e. The van der Waals surface area contributed by atoms with Gasteiger partial charge < -0.3 is 15.0 Å². The molecule has 2 atom stereocenters. The predicted octanol–water partition coefficient (Wildman–Crippen LogP) is 3.57. The molecular weight excluding hydrogens is 340 g/mol. The van der Waals surface area contributed by atoms with Crippen molar-refractivity contribution in [1.82, 2.24) is 9.88 Å². The lowest BCUT2D eigenvalue weighted by molar-refractivity contribution is 0.132. The van der Waals surface area contributed by atoms with Crippen molar-refractivity contribution in [3.63, 3.8) is 0 Å². The summed E-state index contributed by atoms with van der Waals surface area (Å²) in [6.45, 7) is 0.531. The molecule has 2 aromatic carbocycles. The van der Waals surface area contributed by atoms with Crippen molar-refractivity contribution in [1.29, 1.82) is 0 Å². The lowest BCUT2D eigenvalue weighted by Gasteiger charge is -2.26. The van der Waals surface area contributed by atoms with Crippen molar-refractivity contribution in [2.75, 3.05) is 13.6 Å². The van der Waals surface area contributed by atoms with Gasteiger partial charge in [0.25, 0.3) is 0 Å². The minimum atomic E-state index is -0.518. The molecular formula is C18H19BrN2O. The molecule has 2 N–H and O–H groups in total. The molecule has 0 amide bonds. The van der Waals surface area contributed by atoms with E-state index >= 15 is 0 Å². The molecule has 0 bridgehead atoms. The maximum Gasteiger partial charge on any atom is 0.0912 e. The van der Waals surface area contributed by atoms with Crippen molar-refractivity contribution < 1.29 is 5.11 Å². The van der Waals surface area contributed by atoms with Crippen molar-refractivity contribution in [2.24, 2.45) is 0 Å². The molecule has 1 aromatic heterocycles. The van der Waals surface area contributed by atoms with Crippen LogP contribution in [0.1, 0.15) is 11.6 Å². The van der Waals surface area contributed by atoms with Crippen LogP contribution < -0.4 is 5.32 Å². The molecule has 0 fully saturated rings. The third kappa shape index (κ3) is 2.95. The second kappa shape index (κ2) is 6.65. The number of aromatic nitrogens is 1. The first-order valence-corrected chi connectivity index (χ1v) is 8.13. The van der Waals surface area contributed by atoms with Crippen LogP contribution in [0.3, 0.4) is 0 Å². The van der Waals surface area contributed by atoms with Crippen LogP contribution >= 0.6 is 15.9 Å².